The summed E-state index contributed by atoms with van der Waals surface area (Å²) in [5.74, 6) is 2.92. The Labute approximate surface area is 118 Å². The number of allylic oxidation sites excluding steroid dienone is 1. The minimum atomic E-state index is -0.0694. The molecule has 0 aromatic heterocycles. The smallest absolute Gasteiger partial charge is 0.185 e. The lowest BCUT2D eigenvalue weighted by molar-refractivity contribution is 0.104. The molecule has 0 saturated carbocycles. The fourth-order valence-corrected chi connectivity index (χ4v) is 1.70. The van der Waals surface area contributed by atoms with Crippen LogP contribution in [-0.2, 0) is 0 Å². The van der Waals surface area contributed by atoms with E-state index in [4.69, 9.17) is 11.2 Å². The zero-order valence-corrected chi connectivity index (χ0v) is 11.0. The summed E-state index contributed by atoms with van der Waals surface area (Å²) in [7, 11) is 0. The molecule has 0 aliphatic rings. The zero-order valence-electron chi connectivity index (χ0n) is 11.0. The third kappa shape index (κ3) is 3.86. The van der Waals surface area contributed by atoms with Crippen molar-refractivity contribution in [2.45, 2.75) is 0 Å². The predicted molar refractivity (Wildman–Crippen MR) is 80.6 cm³/mol. The molecule has 0 radical (unpaired) electrons. The molecule has 0 amide bonds. The summed E-state index contributed by atoms with van der Waals surface area (Å²) in [6.07, 6.45) is 8.47. The Morgan fingerprint density at radius 2 is 1.95 bits per heavy atom. The van der Waals surface area contributed by atoms with Crippen LogP contribution < -0.4 is 4.74 Å². The van der Waals surface area contributed by atoms with Gasteiger partial charge in [-0.25, -0.2) is 0 Å². The predicted octanol–water partition coefficient (Wildman–Crippen LogP) is 3.59. The van der Waals surface area contributed by atoms with Crippen LogP contribution in [0, 0.1) is 12.3 Å². The van der Waals surface area contributed by atoms with Crippen LogP contribution in [0.4, 0.5) is 0 Å². The quantitative estimate of drug-likeness (QED) is 0.467. The molecule has 0 bridgehead atoms. The molecule has 0 atom stereocenters. The topological polar surface area (TPSA) is 26.3 Å². The molecule has 98 valence electrons. The highest BCUT2D eigenvalue weighted by Gasteiger charge is 2.03. The van der Waals surface area contributed by atoms with E-state index in [1.807, 2.05) is 30.3 Å². The molecular formula is C18H14O2. The van der Waals surface area contributed by atoms with Gasteiger partial charge in [0.15, 0.2) is 5.78 Å². The van der Waals surface area contributed by atoms with Crippen LogP contribution in [0.1, 0.15) is 15.9 Å². The van der Waals surface area contributed by atoms with E-state index in [-0.39, 0.29) is 12.4 Å². The maximum absolute atomic E-state index is 12.1. The number of hydrogen-bond acceptors (Lipinski definition) is 2. The molecule has 20 heavy (non-hydrogen) atoms. The molecule has 0 aliphatic carbocycles. The van der Waals surface area contributed by atoms with Crippen LogP contribution in [0.5, 0.6) is 5.75 Å². The Balaban J connectivity index is 2.09. The molecule has 2 rings (SSSR count). The average Bonchev–Trinajstić information content (AvgIpc) is 2.52. The van der Waals surface area contributed by atoms with Crippen molar-refractivity contribution in [3.63, 3.8) is 0 Å². The van der Waals surface area contributed by atoms with Crippen LogP contribution in [0.2, 0.25) is 0 Å². The third-order valence-electron chi connectivity index (χ3n) is 2.67. The van der Waals surface area contributed by atoms with Crippen molar-refractivity contribution in [3.05, 3.63) is 71.8 Å². The summed E-state index contributed by atoms with van der Waals surface area (Å²) >= 11 is 0. The number of rotatable bonds is 5. The average molecular weight is 262 g/mol. The Morgan fingerprint density at radius 3 is 2.70 bits per heavy atom. The van der Waals surface area contributed by atoms with E-state index in [0.717, 1.165) is 5.56 Å². The molecule has 0 spiro atoms. The van der Waals surface area contributed by atoms with Crippen LogP contribution in [0.15, 0.2) is 60.7 Å². The van der Waals surface area contributed by atoms with Gasteiger partial charge >= 0.3 is 0 Å². The summed E-state index contributed by atoms with van der Waals surface area (Å²) in [4.78, 5) is 12.1. The second kappa shape index (κ2) is 6.96. The fourth-order valence-electron chi connectivity index (χ4n) is 1.70. The zero-order chi connectivity index (χ0) is 14.2. The molecule has 2 aromatic rings. The first-order valence-corrected chi connectivity index (χ1v) is 6.23. The van der Waals surface area contributed by atoms with Crippen LogP contribution in [0.25, 0.3) is 6.08 Å². The van der Waals surface area contributed by atoms with Crippen LogP contribution >= 0.6 is 0 Å². The Bertz CT molecular complexity index is 649. The van der Waals surface area contributed by atoms with Crippen molar-refractivity contribution in [3.8, 4) is 18.1 Å². The molecule has 0 N–H and O–H groups in total. The first kappa shape index (κ1) is 13.6. The lowest BCUT2D eigenvalue weighted by Gasteiger charge is -2.03. The van der Waals surface area contributed by atoms with Gasteiger partial charge in [0.25, 0.3) is 0 Å². The molecule has 0 aliphatic heterocycles. The summed E-state index contributed by atoms with van der Waals surface area (Å²) in [5.41, 5.74) is 1.56. The number of terminal acetylenes is 1. The fraction of sp³-hybridized carbons (Fsp3) is 0.0556. The minimum Gasteiger partial charge on any atom is -0.481 e. The van der Waals surface area contributed by atoms with E-state index >= 15 is 0 Å². The number of carbonyl (C=O) groups is 1. The second-order valence-electron chi connectivity index (χ2n) is 4.13. The maximum atomic E-state index is 12.1. The van der Waals surface area contributed by atoms with Gasteiger partial charge in [-0.15, -0.1) is 6.42 Å². The highest BCUT2D eigenvalue weighted by Crippen LogP contribution is 2.14. The number of carbonyl (C=O) groups excluding carboxylic acids is 1. The number of ether oxygens (including phenoxy) is 1. The van der Waals surface area contributed by atoms with Gasteiger partial charge in [-0.05, 0) is 23.8 Å². The van der Waals surface area contributed by atoms with Crippen molar-refractivity contribution in [1.29, 1.82) is 0 Å². The lowest BCUT2D eigenvalue weighted by Crippen LogP contribution is -1.97. The largest absolute Gasteiger partial charge is 0.481 e. The Kier molecular flexibility index (Phi) is 4.75. The molecule has 0 fully saturated rings. The van der Waals surface area contributed by atoms with E-state index in [2.05, 4.69) is 5.92 Å². The molecule has 2 heteroatoms. The SMILES string of the molecule is C#CCOc1cccc(C(=O)/C=C/c2ccccc2)c1. The Morgan fingerprint density at radius 1 is 1.15 bits per heavy atom. The number of benzene rings is 2. The summed E-state index contributed by atoms with van der Waals surface area (Å²) < 4.78 is 5.30. The minimum absolute atomic E-state index is 0.0694. The van der Waals surface area contributed by atoms with Gasteiger partial charge in [0.1, 0.15) is 12.4 Å². The van der Waals surface area contributed by atoms with Gasteiger partial charge in [-0.2, -0.15) is 0 Å². The van der Waals surface area contributed by atoms with Crippen LogP contribution in [0.3, 0.4) is 0 Å². The van der Waals surface area contributed by atoms with E-state index < -0.39 is 0 Å². The monoisotopic (exact) mass is 262 g/mol. The van der Waals surface area contributed by atoms with Crippen molar-refractivity contribution < 1.29 is 9.53 Å². The number of hydrogen-bond donors (Lipinski definition) is 0. The van der Waals surface area contributed by atoms with Crippen molar-refractivity contribution in [1.82, 2.24) is 0 Å². The second-order valence-corrected chi connectivity index (χ2v) is 4.13. The number of ketones is 1. The molecule has 0 unspecified atom stereocenters. The molecular weight excluding hydrogens is 248 g/mol. The molecule has 2 aromatic carbocycles. The van der Waals surface area contributed by atoms with Gasteiger partial charge in [0.05, 0.1) is 0 Å². The van der Waals surface area contributed by atoms with Gasteiger partial charge in [-0.3, -0.25) is 4.79 Å². The summed E-state index contributed by atoms with van der Waals surface area (Å²) in [5, 5.41) is 0. The molecule has 0 heterocycles. The molecule has 2 nitrogen and oxygen atoms in total. The van der Waals surface area contributed by atoms with E-state index in [0.29, 0.717) is 11.3 Å². The van der Waals surface area contributed by atoms with Crippen molar-refractivity contribution in [2.24, 2.45) is 0 Å². The third-order valence-corrected chi connectivity index (χ3v) is 2.67. The van der Waals surface area contributed by atoms with Crippen molar-refractivity contribution >= 4 is 11.9 Å². The van der Waals surface area contributed by atoms with Crippen molar-refractivity contribution in [2.75, 3.05) is 6.61 Å². The van der Waals surface area contributed by atoms with Gasteiger partial charge in [0, 0.05) is 5.56 Å². The first-order valence-electron chi connectivity index (χ1n) is 6.23. The highest BCUT2D eigenvalue weighted by molar-refractivity contribution is 6.07. The summed E-state index contributed by atoms with van der Waals surface area (Å²) in [6.45, 7) is 0.192. The van der Waals surface area contributed by atoms with E-state index in [9.17, 15) is 4.79 Å². The van der Waals surface area contributed by atoms with Crippen LogP contribution in [-0.4, -0.2) is 12.4 Å². The van der Waals surface area contributed by atoms with Gasteiger partial charge < -0.3 is 4.74 Å². The van der Waals surface area contributed by atoms with Gasteiger partial charge in [0.2, 0.25) is 0 Å². The highest BCUT2D eigenvalue weighted by atomic mass is 16.5. The Hall–Kier alpha value is -2.79. The lowest BCUT2D eigenvalue weighted by atomic mass is 10.1. The standard InChI is InChI=1S/C18H14O2/c1-2-13-20-17-10-6-9-16(14-17)18(19)12-11-15-7-4-3-5-8-15/h1,3-12,14H,13H2/b12-11+. The summed E-state index contributed by atoms with van der Waals surface area (Å²) in [6, 6.07) is 16.7. The van der Waals surface area contributed by atoms with E-state index in [1.54, 1.807) is 36.4 Å². The first-order chi connectivity index (χ1) is 9.79. The molecule has 0 saturated heterocycles. The normalized spacial score (nSPS) is 10.2. The van der Waals surface area contributed by atoms with E-state index in [1.165, 1.54) is 0 Å². The maximum Gasteiger partial charge on any atom is 0.185 e. The van der Waals surface area contributed by atoms with Gasteiger partial charge in [-0.1, -0.05) is 54.5 Å².